The van der Waals surface area contributed by atoms with Crippen LogP contribution >= 0.6 is 0 Å². The summed E-state index contributed by atoms with van der Waals surface area (Å²) in [6.45, 7) is 1.87. The van der Waals surface area contributed by atoms with Gasteiger partial charge in [0.05, 0.1) is 13.2 Å². The molecule has 0 aromatic heterocycles. The highest BCUT2D eigenvalue weighted by molar-refractivity contribution is 5.73. The summed E-state index contributed by atoms with van der Waals surface area (Å²) < 4.78 is 31.3. The van der Waals surface area contributed by atoms with Crippen molar-refractivity contribution >= 4 is 5.97 Å². The fourth-order valence-corrected chi connectivity index (χ4v) is 1.55. The zero-order chi connectivity index (χ0) is 10.6. The van der Waals surface area contributed by atoms with Crippen LogP contribution in [-0.2, 0) is 9.53 Å². The highest BCUT2D eigenvalue weighted by Crippen LogP contribution is 2.30. The van der Waals surface area contributed by atoms with Crippen LogP contribution in [0.2, 0.25) is 0 Å². The summed E-state index contributed by atoms with van der Waals surface area (Å²) in [5.41, 5.74) is 0. The first-order chi connectivity index (χ1) is 6.58. The summed E-state index contributed by atoms with van der Waals surface area (Å²) in [6, 6.07) is 0. The fraction of sp³-hybridized carbons (Fsp3) is 0.889. The minimum Gasteiger partial charge on any atom is -0.466 e. The highest BCUT2D eigenvalue weighted by atomic mass is 19.3. The monoisotopic (exact) mass is 207 g/mol. The maximum absolute atomic E-state index is 13.3. The summed E-state index contributed by atoms with van der Waals surface area (Å²) in [4.78, 5) is 11.2. The lowest BCUT2D eigenvalue weighted by atomic mass is 9.97. The van der Waals surface area contributed by atoms with Crippen molar-refractivity contribution in [2.75, 3.05) is 19.7 Å². The largest absolute Gasteiger partial charge is 0.466 e. The number of carbonyl (C=O) groups excluding carboxylic acids is 1. The summed E-state index contributed by atoms with van der Waals surface area (Å²) in [5, 5.41) is 2.61. The van der Waals surface area contributed by atoms with E-state index in [1.807, 2.05) is 0 Å². The van der Waals surface area contributed by atoms with E-state index < -0.39 is 24.4 Å². The molecule has 0 spiro atoms. The van der Waals surface area contributed by atoms with Crippen molar-refractivity contribution in [2.24, 2.45) is 5.92 Å². The van der Waals surface area contributed by atoms with Gasteiger partial charge in [0.15, 0.2) is 0 Å². The number of ether oxygens (including phenoxy) is 1. The number of alkyl halides is 2. The second kappa shape index (κ2) is 4.68. The first-order valence-corrected chi connectivity index (χ1v) is 4.83. The van der Waals surface area contributed by atoms with Gasteiger partial charge in [0.25, 0.3) is 5.92 Å². The van der Waals surface area contributed by atoms with Gasteiger partial charge in [-0.25, -0.2) is 8.78 Å². The Hall–Kier alpha value is -0.710. The molecule has 1 saturated heterocycles. The third kappa shape index (κ3) is 2.64. The number of hydrogen-bond acceptors (Lipinski definition) is 3. The minimum absolute atomic E-state index is 0.152. The zero-order valence-corrected chi connectivity index (χ0v) is 8.19. The standard InChI is InChI=1S/C9H15F2NO2/c1-2-14-8(13)7-4-3-5-12-6-9(7,10)11/h7,12H,2-6H2,1H3. The molecular weight excluding hydrogens is 192 g/mol. The van der Waals surface area contributed by atoms with Crippen LogP contribution in [0.1, 0.15) is 19.8 Å². The lowest BCUT2D eigenvalue weighted by molar-refractivity contribution is -0.162. The van der Waals surface area contributed by atoms with Gasteiger partial charge < -0.3 is 10.1 Å². The van der Waals surface area contributed by atoms with Crippen LogP contribution in [0.5, 0.6) is 0 Å². The second-order valence-electron chi connectivity index (χ2n) is 3.38. The summed E-state index contributed by atoms with van der Waals surface area (Å²) in [5.74, 6) is -5.04. The van der Waals surface area contributed by atoms with Gasteiger partial charge in [0, 0.05) is 0 Å². The molecule has 1 aliphatic rings. The van der Waals surface area contributed by atoms with Crippen molar-refractivity contribution in [1.29, 1.82) is 0 Å². The first-order valence-electron chi connectivity index (χ1n) is 4.83. The van der Waals surface area contributed by atoms with Gasteiger partial charge in [-0.1, -0.05) is 0 Å². The molecule has 82 valence electrons. The van der Waals surface area contributed by atoms with Gasteiger partial charge in [0.2, 0.25) is 0 Å². The van der Waals surface area contributed by atoms with Gasteiger partial charge in [-0.05, 0) is 26.3 Å². The SMILES string of the molecule is CCOC(=O)C1CCCNCC1(F)F. The van der Waals surface area contributed by atoms with E-state index in [1.165, 1.54) is 0 Å². The third-order valence-electron chi connectivity index (χ3n) is 2.29. The van der Waals surface area contributed by atoms with Gasteiger partial charge >= 0.3 is 5.97 Å². The molecule has 1 aliphatic heterocycles. The molecule has 0 amide bonds. The summed E-state index contributed by atoms with van der Waals surface area (Å²) >= 11 is 0. The Kier molecular flexibility index (Phi) is 3.80. The Morgan fingerprint density at radius 2 is 2.36 bits per heavy atom. The Bertz CT molecular complexity index is 209. The van der Waals surface area contributed by atoms with Crippen molar-refractivity contribution in [3.63, 3.8) is 0 Å². The molecule has 0 aromatic rings. The molecule has 1 N–H and O–H groups in total. The maximum Gasteiger partial charge on any atom is 0.315 e. The molecule has 0 radical (unpaired) electrons. The van der Waals surface area contributed by atoms with Crippen molar-refractivity contribution in [3.05, 3.63) is 0 Å². The summed E-state index contributed by atoms with van der Waals surface area (Å²) in [6.07, 6.45) is 0.776. The molecule has 1 fully saturated rings. The number of esters is 1. The van der Waals surface area contributed by atoms with E-state index in [4.69, 9.17) is 0 Å². The second-order valence-corrected chi connectivity index (χ2v) is 3.38. The number of carbonyl (C=O) groups is 1. The number of hydrogen-bond donors (Lipinski definition) is 1. The quantitative estimate of drug-likeness (QED) is 0.691. The molecule has 1 heterocycles. The van der Waals surface area contributed by atoms with E-state index in [2.05, 4.69) is 10.1 Å². The Morgan fingerprint density at radius 1 is 1.64 bits per heavy atom. The van der Waals surface area contributed by atoms with Gasteiger partial charge in [-0.2, -0.15) is 0 Å². The molecule has 0 saturated carbocycles. The van der Waals surface area contributed by atoms with E-state index in [0.717, 1.165) is 0 Å². The van der Waals surface area contributed by atoms with Crippen LogP contribution in [0.15, 0.2) is 0 Å². The molecule has 0 aliphatic carbocycles. The molecule has 0 bridgehead atoms. The molecular formula is C9H15F2NO2. The lowest BCUT2D eigenvalue weighted by Gasteiger charge is -2.22. The Labute approximate surface area is 81.8 Å². The zero-order valence-electron chi connectivity index (χ0n) is 8.19. The van der Waals surface area contributed by atoms with Crippen LogP contribution in [0.4, 0.5) is 8.78 Å². The molecule has 5 heteroatoms. The number of rotatable bonds is 2. The predicted molar refractivity (Wildman–Crippen MR) is 47.2 cm³/mol. The van der Waals surface area contributed by atoms with Crippen LogP contribution in [-0.4, -0.2) is 31.6 Å². The predicted octanol–water partition coefficient (Wildman–Crippen LogP) is 1.18. The summed E-state index contributed by atoms with van der Waals surface area (Å²) in [7, 11) is 0. The molecule has 1 unspecified atom stereocenters. The van der Waals surface area contributed by atoms with Gasteiger partial charge in [-0.3, -0.25) is 4.79 Å². The molecule has 0 aromatic carbocycles. The van der Waals surface area contributed by atoms with Crippen molar-refractivity contribution in [1.82, 2.24) is 5.32 Å². The normalized spacial score (nSPS) is 26.6. The van der Waals surface area contributed by atoms with E-state index in [-0.39, 0.29) is 13.0 Å². The smallest absolute Gasteiger partial charge is 0.315 e. The average Bonchev–Trinajstić information content (AvgIpc) is 2.26. The first kappa shape index (κ1) is 11.4. The topological polar surface area (TPSA) is 38.3 Å². The van der Waals surface area contributed by atoms with E-state index in [1.54, 1.807) is 6.92 Å². The number of nitrogens with one attached hydrogen (secondary N) is 1. The Balaban J connectivity index is 2.66. The van der Waals surface area contributed by atoms with E-state index in [9.17, 15) is 13.6 Å². The molecule has 1 rings (SSSR count). The van der Waals surface area contributed by atoms with E-state index >= 15 is 0 Å². The average molecular weight is 207 g/mol. The molecule has 14 heavy (non-hydrogen) atoms. The van der Waals surface area contributed by atoms with Gasteiger partial charge in [0.1, 0.15) is 5.92 Å². The molecule has 3 nitrogen and oxygen atoms in total. The minimum atomic E-state index is -2.98. The fourth-order valence-electron chi connectivity index (χ4n) is 1.55. The molecule has 1 atom stereocenters. The van der Waals surface area contributed by atoms with Crippen LogP contribution in [0.3, 0.4) is 0 Å². The highest BCUT2D eigenvalue weighted by Gasteiger charge is 2.45. The van der Waals surface area contributed by atoms with Crippen LogP contribution < -0.4 is 5.32 Å². The van der Waals surface area contributed by atoms with Crippen molar-refractivity contribution < 1.29 is 18.3 Å². The maximum atomic E-state index is 13.3. The van der Waals surface area contributed by atoms with Crippen molar-refractivity contribution in [3.8, 4) is 0 Å². The van der Waals surface area contributed by atoms with Gasteiger partial charge in [-0.15, -0.1) is 0 Å². The van der Waals surface area contributed by atoms with Crippen LogP contribution in [0.25, 0.3) is 0 Å². The van der Waals surface area contributed by atoms with Crippen LogP contribution in [0, 0.1) is 5.92 Å². The lowest BCUT2D eigenvalue weighted by Crippen LogP contribution is -2.41. The van der Waals surface area contributed by atoms with E-state index in [0.29, 0.717) is 13.0 Å². The van der Waals surface area contributed by atoms with Crippen molar-refractivity contribution in [2.45, 2.75) is 25.7 Å². The third-order valence-corrected chi connectivity index (χ3v) is 2.29. The number of halogens is 2. The Morgan fingerprint density at radius 3 is 3.00 bits per heavy atom.